The van der Waals surface area contributed by atoms with Crippen molar-refractivity contribution < 1.29 is 9.15 Å². The smallest absolute Gasteiger partial charge is 0.252 e. The number of rotatable bonds is 9. The van der Waals surface area contributed by atoms with Gasteiger partial charge in [-0.05, 0) is 78.4 Å². The van der Waals surface area contributed by atoms with E-state index in [2.05, 4.69) is 52.2 Å². The normalized spacial score (nSPS) is 17.0. The number of pyridine rings is 1. The van der Waals surface area contributed by atoms with E-state index >= 15 is 0 Å². The van der Waals surface area contributed by atoms with Crippen LogP contribution in [0.2, 0.25) is 0 Å². The molecule has 1 aliphatic rings. The highest BCUT2D eigenvalue weighted by molar-refractivity contribution is 5.83. The molecule has 1 fully saturated rings. The van der Waals surface area contributed by atoms with Gasteiger partial charge in [0.05, 0.1) is 18.4 Å². The predicted molar refractivity (Wildman–Crippen MR) is 137 cm³/mol. The Kier molecular flexibility index (Phi) is 7.02. The second-order valence-corrected chi connectivity index (χ2v) is 10.2. The quantitative estimate of drug-likeness (QED) is 0.376. The molecular weight excluding hydrogens is 456 g/mol. The van der Waals surface area contributed by atoms with Crippen molar-refractivity contribution in [3.63, 3.8) is 0 Å². The van der Waals surface area contributed by atoms with Crippen molar-refractivity contribution in [3.8, 4) is 0 Å². The van der Waals surface area contributed by atoms with Crippen LogP contribution >= 0.6 is 0 Å². The molecule has 5 rings (SSSR count). The number of tetrazole rings is 1. The Labute approximate surface area is 210 Å². The first-order valence-electron chi connectivity index (χ1n) is 12.7. The van der Waals surface area contributed by atoms with Gasteiger partial charge < -0.3 is 14.1 Å². The second-order valence-electron chi connectivity index (χ2n) is 10.2. The first-order chi connectivity index (χ1) is 17.4. The summed E-state index contributed by atoms with van der Waals surface area (Å²) in [5.41, 5.74) is 3.81. The molecule has 1 aliphatic heterocycles. The number of nitrogens with zero attached hydrogens (tertiary/aromatic N) is 5. The summed E-state index contributed by atoms with van der Waals surface area (Å²) in [6.45, 7) is 10.8. The Morgan fingerprint density at radius 1 is 1.25 bits per heavy atom. The fourth-order valence-electron chi connectivity index (χ4n) is 5.35. The second kappa shape index (κ2) is 10.4. The van der Waals surface area contributed by atoms with Crippen LogP contribution in [0.25, 0.3) is 10.9 Å². The summed E-state index contributed by atoms with van der Waals surface area (Å²) in [5, 5.41) is 13.8. The molecule has 190 valence electrons. The first kappa shape index (κ1) is 24.4. The molecule has 0 radical (unpaired) electrons. The number of hydrogen-bond acceptors (Lipinski definition) is 7. The standard InChI is InChI=1S/C27H34N6O3/c1-17(2)25(26-29-30-31-33(26)16-22-8-6-10-36-22)32(15-21-7-5-9-35-21)14-20-13-23-19(4)11-18(3)12-24(23)28-27(20)34/h6,8,10-13,17,21,25H,5,7,9,14-16H2,1-4H3,(H,28,34)/t21-,25+/m1/s1. The Morgan fingerprint density at radius 3 is 2.83 bits per heavy atom. The molecule has 9 nitrogen and oxygen atoms in total. The zero-order valence-electron chi connectivity index (χ0n) is 21.4. The van der Waals surface area contributed by atoms with E-state index in [1.54, 1.807) is 10.9 Å². The lowest BCUT2D eigenvalue weighted by Gasteiger charge is -2.35. The van der Waals surface area contributed by atoms with E-state index in [1.165, 1.54) is 0 Å². The Bertz CT molecular complexity index is 1370. The number of ether oxygens (including phenoxy) is 1. The van der Waals surface area contributed by atoms with Crippen LogP contribution in [0, 0.1) is 19.8 Å². The van der Waals surface area contributed by atoms with Gasteiger partial charge in [0.25, 0.3) is 5.56 Å². The molecule has 0 aliphatic carbocycles. The zero-order chi connectivity index (χ0) is 25.2. The third kappa shape index (κ3) is 5.12. The van der Waals surface area contributed by atoms with E-state index in [1.807, 2.05) is 31.2 Å². The van der Waals surface area contributed by atoms with Crippen LogP contribution in [0.15, 0.2) is 45.8 Å². The van der Waals surface area contributed by atoms with Crippen molar-refractivity contribution in [2.45, 2.75) is 65.8 Å². The summed E-state index contributed by atoms with van der Waals surface area (Å²) in [4.78, 5) is 18.6. The van der Waals surface area contributed by atoms with Crippen molar-refractivity contribution in [2.75, 3.05) is 13.2 Å². The highest BCUT2D eigenvalue weighted by Crippen LogP contribution is 2.31. The lowest BCUT2D eigenvalue weighted by atomic mass is 9.99. The molecule has 0 bridgehead atoms. The monoisotopic (exact) mass is 490 g/mol. The Morgan fingerprint density at radius 2 is 2.11 bits per heavy atom. The summed E-state index contributed by atoms with van der Waals surface area (Å²) in [6.07, 6.45) is 3.82. The van der Waals surface area contributed by atoms with Gasteiger partial charge in [0, 0.05) is 36.2 Å². The largest absolute Gasteiger partial charge is 0.467 e. The van der Waals surface area contributed by atoms with Gasteiger partial charge >= 0.3 is 0 Å². The van der Waals surface area contributed by atoms with Crippen LogP contribution in [-0.2, 0) is 17.8 Å². The molecular formula is C27H34N6O3. The molecule has 0 amide bonds. The molecule has 0 spiro atoms. The first-order valence-corrected chi connectivity index (χ1v) is 12.7. The molecule has 4 heterocycles. The van der Waals surface area contributed by atoms with E-state index in [0.29, 0.717) is 19.6 Å². The highest BCUT2D eigenvalue weighted by Gasteiger charge is 2.32. The molecule has 3 aromatic heterocycles. The van der Waals surface area contributed by atoms with E-state index in [9.17, 15) is 4.79 Å². The highest BCUT2D eigenvalue weighted by atomic mass is 16.5. The van der Waals surface area contributed by atoms with Gasteiger partial charge in [0.15, 0.2) is 5.82 Å². The maximum Gasteiger partial charge on any atom is 0.252 e. The topological polar surface area (TPSA) is 102 Å². The summed E-state index contributed by atoms with van der Waals surface area (Å²) in [5.74, 6) is 1.73. The van der Waals surface area contributed by atoms with E-state index in [-0.39, 0.29) is 23.6 Å². The van der Waals surface area contributed by atoms with E-state index in [0.717, 1.165) is 58.6 Å². The van der Waals surface area contributed by atoms with Crippen molar-refractivity contribution in [1.29, 1.82) is 0 Å². The van der Waals surface area contributed by atoms with Gasteiger partial charge in [-0.25, -0.2) is 4.68 Å². The minimum atomic E-state index is -0.117. The number of aromatic amines is 1. The minimum Gasteiger partial charge on any atom is -0.467 e. The lowest BCUT2D eigenvalue weighted by Crippen LogP contribution is -2.40. The van der Waals surface area contributed by atoms with Crippen molar-refractivity contribution in [3.05, 3.63) is 75.2 Å². The van der Waals surface area contributed by atoms with Crippen LogP contribution < -0.4 is 5.56 Å². The molecule has 1 N–H and O–H groups in total. The van der Waals surface area contributed by atoms with Crippen LogP contribution in [0.1, 0.15) is 61.0 Å². The van der Waals surface area contributed by atoms with Crippen LogP contribution in [0.3, 0.4) is 0 Å². The summed E-state index contributed by atoms with van der Waals surface area (Å²) in [6, 6.07) is 9.87. The molecule has 0 saturated carbocycles. The Balaban J connectivity index is 1.53. The average Bonchev–Trinajstić information content (AvgIpc) is 3.59. The van der Waals surface area contributed by atoms with E-state index < -0.39 is 0 Å². The van der Waals surface area contributed by atoms with E-state index in [4.69, 9.17) is 9.15 Å². The lowest BCUT2D eigenvalue weighted by molar-refractivity contribution is 0.0384. The van der Waals surface area contributed by atoms with Crippen molar-refractivity contribution in [2.24, 2.45) is 5.92 Å². The van der Waals surface area contributed by atoms with Gasteiger partial charge in [0.2, 0.25) is 0 Å². The maximum atomic E-state index is 13.2. The van der Waals surface area contributed by atoms with Gasteiger partial charge in [-0.1, -0.05) is 19.9 Å². The summed E-state index contributed by atoms with van der Waals surface area (Å²) >= 11 is 0. The van der Waals surface area contributed by atoms with Gasteiger partial charge in [-0.15, -0.1) is 5.10 Å². The third-order valence-electron chi connectivity index (χ3n) is 6.96. The van der Waals surface area contributed by atoms with Gasteiger partial charge in [-0.2, -0.15) is 0 Å². The molecule has 36 heavy (non-hydrogen) atoms. The fourth-order valence-corrected chi connectivity index (χ4v) is 5.35. The van der Waals surface area contributed by atoms with Crippen LogP contribution in [0.5, 0.6) is 0 Å². The predicted octanol–water partition coefficient (Wildman–Crippen LogP) is 4.15. The molecule has 1 saturated heterocycles. The zero-order valence-corrected chi connectivity index (χ0v) is 21.4. The number of hydrogen-bond donors (Lipinski definition) is 1. The SMILES string of the molecule is Cc1cc(C)c2cc(CN(C[C@H]3CCCO3)[C@H](c3nnnn3Cc3ccco3)C(C)C)c(=O)[nH]c2c1. The van der Waals surface area contributed by atoms with Gasteiger partial charge in [-0.3, -0.25) is 9.69 Å². The summed E-state index contributed by atoms with van der Waals surface area (Å²) in [7, 11) is 0. The molecule has 4 aromatic rings. The average molecular weight is 491 g/mol. The number of benzene rings is 1. The number of furan rings is 1. The Hall–Kier alpha value is -3.30. The van der Waals surface area contributed by atoms with Crippen molar-refractivity contribution >= 4 is 10.9 Å². The van der Waals surface area contributed by atoms with Crippen LogP contribution in [0.4, 0.5) is 0 Å². The minimum absolute atomic E-state index is 0.0671. The fraction of sp³-hybridized carbons (Fsp3) is 0.481. The third-order valence-corrected chi connectivity index (χ3v) is 6.96. The number of aryl methyl sites for hydroxylation is 2. The van der Waals surface area contributed by atoms with Crippen molar-refractivity contribution in [1.82, 2.24) is 30.1 Å². The number of nitrogens with one attached hydrogen (secondary N) is 1. The number of aromatic nitrogens is 5. The number of H-pyrrole nitrogens is 1. The molecule has 1 aromatic carbocycles. The molecule has 2 atom stereocenters. The maximum absolute atomic E-state index is 13.2. The molecule has 0 unspecified atom stereocenters. The number of fused-ring (bicyclic) bond motifs is 1. The molecule has 9 heteroatoms. The van der Waals surface area contributed by atoms with Crippen LogP contribution in [-0.4, -0.2) is 49.3 Å². The van der Waals surface area contributed by atoms with Gasteiger partial charge in [0.1, 0.15) is 12.3 Å². The summed E-state index contributed by atoms with van der Waals surface area (Å²) < 4.78 is 13.4.